The van der Waals surface area contributed by atoms with Crippen LogP contribution in [-0.4, -0.2) is 5.11 Å². The fourth-order valence-corrected chi connectivity index (χ4v) is 3.77. The van der Waals surface area contributed by atoms with Crippen LogP contribution in [0.1, 0.15) is 50.5 Å². The van der Waals surface area contributed by atoms with Gasteiger partial charge in [-0.2, -0.15) is 0 Å². The van der Waals surface area contributed by atoms with Gasteiger partial charge in [-0.15, -0.1) is 11.3 Å². The van der Waals surface area contributed by atoms with E-state index in [1.165, 1.54) is 11.3 Å². The van der Waals surface area contributed by atoms with Gasteiger partial charge in [-0.05, 0) is 40.8 Å². The number of rotatable bonds is 6. The lowest BCUT2D eigenvalue weighted by Gasteiger charge is -2.20. The van der Waals surface area contributed by atoms with E-state index < -0.39 is 0 Å². The summed E-state index contributed by atoms with van der Waals surface area (Å²) >= 11 is 10.9. The van der Waals surface area contributed by atoms with E-state index in [2.05, 4.69) is 29.8 Å². The number of halogens is 2. The van der Waals surface area contributed by atoms with Crippen LogP contribution < -0.4 is 0 Å². The quantitative estimate of drug-likeness (QED) is 0.741. The van der Waals surface area contributed by atoms with Crippen LogP contribution in [0.5, 0.6) is 0 Å². The monoisotopic (exact) mass is 324 g/mol. The predicted octanol–water partition coefficient (Wildman–Crippen LogP) is 5.41. The van der Waals surface area contributed by atoms with Crippen molar-refractivity contribution in [2.24, 2.45) is 5.92 Å². The van der Waals surface area contributed by atoms with Gasteiger partial charge in [0, 0.05) is 4.88 Å². The molecule has 1 aromatic rings. The topological polar surface area (TPSA) is 20.2 Å². The van der Waals surface area contributed by atoms with E-state index in [0.29, 0.717) is 10.9 Å². The maximum Gasteiger partial charge on any atom is 0.0910 e. The molecule has 1 N–H and O–H groups in total. The molecule has 0 fully saturated rings. The summed E-state index contributed by atoms with van der Waals surface area (Å²) in [5.74, 6) is 0.358. The van der Waals surface area contributed by atoms with Gasteiger partial charge < -0.3 is 5.11 Å². The molecular formula is C12H18BrClOS. The van der Waals surface area contributed by atoms with Crippen molar-refractivity contribution in [3.63, 3.8) is 0 Å². The van der Waals surface area contributed by atoms with Crippen LogP contribution >= 0.6 is 38.9 Å². The molecule has 4 heteroatoms. The molecule has 1 heterocycles. The van der Waals surface area contributed by atoms with Crippen molar-refractivity contribution in [1.82, 2.24) is 0 Å². The van der Waals surface area contributed by atoms with Gasteiger partial charge in [0.15, 0.2) is 0 Å². The molecule has 1 unspecified atom stereocenters. The summed E-state index contributed by atoms with van der Waals surface area (Å²) in [5.41, 5.74) is 0. The number of aliphatic hydroxyl groups excluding tert-OH is 1. The second-order valence-electron chi connectivity index (χ2n) is 4.05. The number of aliphatic hydroxyl groups is 1. The first kappa shape index (κ1) is 14.5. The van der Waals surface area contributed by atoms with Crippen LogP contribution in [0.2, 0.25) is 5.02 Å². The molecule has 0 bridgehead atoms. The highest BCUT2D eigenvalue weighted by Gasteiger charge is 2.22. The second-order valence-corrected chi connectivity index (χ2v) is 6.86. The van der Waals surface area contributed by atoms with E-state index >= 15 is 0 Å². The molecule has 1 nitrogen and oxygen atoms in total. The van der Waals surface area contributed by atoms with E-state index in [4.69, 9.17) is 11.6 Å². The molecule has 0 radical (unpaired) electrons. The van der Waals surface area contributed by atoms with Crippen molar-refractivity contribution >= 4 is 38.9 Å². The smallest absolute Gasteiger partial charge is 0.0910 e. The van der Waals surface area contributed by atoms with E-state index in [1.54, 1.807) is 0 Å². The Hall–Kier alpha value is 0.430. The molecule has 16 heavy (non-hydrogen) atoms. The van der Waals surface area contributed by atoms with Crippen molar-refractivity contribution in [3.05, 3.63) is 19.8 Å². The molecule has 0 aliphatic rings. The third-order valence-corrected chi connectivity index (χ3v) is 5.27. The van der Waals surface area contributed by atoms with Crippen LogP contribution in [0.15, 0.2) is 9.85 Å². The zero-order valence-corrected chi connectivity index (χ0v) is 12.8. The summed E-state index contributed by atoms with van der Waals surface area (Å²) in [6.07, 6.45) is 4.00. The van der Waals surface area contributed by atoms with Gasteiger partial charge in [0.2, 0.25) is 0 Å². The Balaban J connectivity index is 2.76. The lowest BCUT2D eigenvalue weighted by atomic mass is 9.91. The van der Waals surface area contributed by atoms with Gasteiger partial charge in [-0.1, -0.05) is 38.3 Å². The van der Waals surface area contributed by atoms with Crippen molar-refractivity contribution in [1.29, 1.82) is 0 Å². The Morgan fingerprint density at radius 1 is 1.38 bits per heavy atom. The zero-order chi connectivity index (χ0) is 12.1. The van der Waals surface area contributed by atoms with E-state index in [-0.39, 0.29) is 6.10 Å². The van der Waals surface area contributed by atoms with Gasteiger partial charge in [-0.3, -0.25) is 0 Å². The molecule has 0 aliphatic heterocycles. The molecule has 0 saturated carbocycles. The van der Waals surface area contributed by atoms with E-state index in [9.17, 15) is 5.11 Å². The molecule has 1 atom stereocenters. The van der Waals surface area contributed by atoms with Gasteiger partial charge in [0.05, 0.1) is 14.9 Å². The minimum atomic E-state index is -0.367. The van der Waals surface area contributed by atoms with Crippen LogP contribution in [-0.2, 0) is 0 Å². The molecular weight excluding hydrogens is 308 g/mol. The zero-order valence-electron chi connectivity index (χ0n) is 9.67. The lowest BCUT2D eigenvalue weighted by molar-refractivity contribution is 0.0997. The summed E-state index contributed by atoms with van der Waals surface area (Å²) < 4.78 is 0.912. The summed E-state index contributed by atoms with van der Waals surface area (Å²) in [6, 6.07) is 1.87. The summed E-state index contributed by atoms with van der Waals surface area (Å²) in [4.78, 5) is 0.976. The first-order valence-electron chi connectivity index (χ1n) is 5.72. The molecule has 0 aromatic carbocycles. The van der Waals surface area contributed by atoms with Crippen LogP contribution in [0.4, 0.5) is 0 Å². The Labute approximate surface area is 115 Å². The number of thiophene rings is 1. The summed E-state index contributed by atoms with van der Waals surface area (Å²) in [5, 5.41) is 11.0. The van der Waals surface area contributed by atoms with Crippen molar-refractivity contribution in [2.45, 2.75) is 45.6 Å². The largest absolute Gasteiger partial charge is 0.387 e. The van der Waals surface area contributed by atoms with Gasteiger partial charge in [0.1, 0.15) is 0 Å². The second kappa shape index (κ2) is 7.00. The Kier molecular flexibility index (Phi) is 6.34. The molecule has 0 aliphatic carbocycles. The normalized spacial score (nSPS) is 13.4. The molecule has 0 saturated heterocycles. The van der Waals surface area contributed by atoms with Crippen LogP contribution in [0, 0.1) is 5.92 Å². The van der Waals surface area contributed by atoms with E-state index in [1.807, 2.05) is 6.07 Å². The fraction of sp³-hybridized carbons (Fsp3) is 0.667. The summed E-state index contributed by atoms with van der Waals surface area (Å²) in [6.45, 7) is 4.32. The molecule has 1 rings (SSSR count). The average molecular weight is 326 g/mol. The van der Waals surface area contributed by atoms with Crippen molar-refractivity contribution in [2.75, 3.05) is 0 Å². The highest BCUT2D eigenvalue weighted by molar-refractivity contribution is 9.11. The number of hydrogen-bond acceptors (Lipinski definition) is 2. The lowest BCUT2D eigenvalue weighted by Crippen LogP contribution is -2.11. The first-order valence-corrected chi connectivity index (χ1v) is 7.71. The highest BCUT2D eigenvalue weighted by Crippen LogP contribution is 2.39. The summed E-state index contributed by atoms with van der Waals surface area (Å²) in [7, 11) is 0. The standard InChI is InChI=1S/C12H18BrClOS/c1-3-5-8(6-4-2)11(15)10-7-9(14)12(13)16-10/h7-8,11,15H,3-6H2,1-2H3. The maximum atomic E-state index is 10.3. The Morgan fingerprint density at radius 2 is 1.94 bits per heavy atom. The fourth-order valence-electron chi connectivity index (χ4n) is 1.94. The molecule has 0 amide bonds. The molecule has 92 valence electrons. The third kappa shape index (κ3) is 3.73. The predicted molar refractivity (Wildman–Crippen MR) is 75.3 cm³/mol. The maximum absolute atomic E-state index is 10.3. The van der Waals surface area contributed by atoms with Gasteiger partial charge in [0.25, 0.3) is 0 Å². The SMILES string of the molecule is CCCC(CCC)C(O)c1cc(Cl)c(Br)s1. The van der Waals surface area contributed by atoms with Crippen LogP contribution in [0.25, 0.3) is 0 Å². The van der Waals surface area contributed by atoms with Crippen molar-refractivity contribution in [3.8, 4) is 0 Å². The Bertz CT molecular complexity index is 301. The highest BCUT2D eigenvalue weighted by atomic mass is 79.9. The van der Waals surface area contributed by atoms with Gasteiger partial charge in [-0.25, -0.2) is 0 Å². The minimum Gasteiger partial charge on any atom is -0.387 e. The van der Waals surface area contributed by atoms with Crippen LogP contribution in [0.3, 0.4) is 0 Å². The molecule has 1 aromatic heterocycles. The van der Waals surface area contributed by atoms with Crippen molar-refractivity contribution < 1.29 is 5.11 Å². The minimum absolute atomic E-state index is 0.358. The average Bonchev–Trinajstić information content (AvgIpc) is 2.58. The molecule has 0 spiro atoms. The first-order chi connectivity index (χ1) is 7.60. The Morgan fingerprint density at radius 3 is 2.31 bits per heavy atom. The van der Waals surface area contributed by atoms with E-state index in [0.717, 1.165) is 34.3 Å². The third-order valence-electron chi connectivity index (χ3n) is 2.72. The number of hydrogen-bond donors (Lipinski definition) is 1. The van der Waals surface area contributed by atoms with Gasteiger partial charge >= 0.3 is 0 Å².